The molecule has 31 heavy (non-hydrogen) atoms. The molecule has 1 saturated carbocycles. The molecule has 0 atom stereocenters. The fraction of sp³-hybridized carbons (Fsp3) is 0.250. The number of H-pyrrole nitrogens is 1. The van der Waals surface area contributed by atoms with Gasteiger partial charge in [-0.25, -0.2) is 9.78 Å². The Bertz CT molecular complexity index is 1280. The van der Waals surface area contributed by atoms with Crippen LogP contribution >= 0.6 is 11.6 Å². The predicted octanol–water partition coefficient (Wildman–Crippen LogP) is 5.41. The number of hydrogen-bond donors (Lipinski definition) is 1. The topological polar surface area (TPSA) is 73.4 Å². The van der Waals surface area contributed by atoms with Crippen LogP contribution in [0.2, 0.25) is 5.02 Å². The van der Waals surface area contributed by atoms with E-state index in [2.05, 4.69) is 9.97 Å². The van der Waals surface area contributed by atoms with Gasteiger partial charge in [0.2, 0.25) is 5.88 Å². The minimum absolute atomic E-state index is 0.0285. The summed E-state index contributed by atoms with van der Waals surface area (Å²) in [4.78, 5) is 20.9. The number of fused-ring (bicyclic) bond motifs is 3. The fourth-order valence-corrected chi connectivity index (χ4v) is 3.90. The molecule has 0 bridgehead atoms. The van der Waals surface area contributed by atoms with E-state index in [9.17, 15) is 4.79 Å². The minimum Gasteiger partial charge on any atom is -0.471 e. The van der Waals surface area contributed by atoms with Crippen molar-refractivity contribution < 1.29 is 19.0 Å². The number of aromatic nitrogens is 2. The molecule has 158 valence electrons. The van der Waals surface area contributed by atoms with E-state index in [1.807, 2.05) is 48.5 Å². The van der Waals surface area contributed by atoms with Crippen molar-refractivity contribution in [2.45, 2.75) is 32.2 Å². The number of para-hydroxylation sites is 1. The summed E-state index contributed by atoms with van der Waals surface area (Å²) in [6.07, 6.45) is 1.75. The first kappa shape index (κ1) is 19.8. The SMILES string of the molecule is COCc1c(C(=O)OC2CC2)nc(OCc2cccc(Cl)c2)c2[nH]c3ccccc3c12. The summed E-state index contributed by atoms with van der Waals surface area (Å²) in [7, 11) is 1.60. The molecule has 2 heterocycles. The number of carbonyl (C=O) groups excluding carboxylic acids is 1. The van der Waals surface area contributed by atoms with Crippen LogP contribution in [0.3, 0.4) is 0 Å². The van der Waals surface area contributed by atoms with Crippen molar-refractivity contribution in [3.8, 4) is 5.88 Å². The molecule has 5 rings (SSSR count). The second kappa shape index (κ2) is 8.21. The van der Waals surface area contributed by atoms with E-state index in [0.29, 0.717) is 16.5 Å². The molecule has 1 aliphatic carbocycles. The highest BCUT2D eigenvalue weighted by Gasteiger charge is 2.30. The summed E-state index contributed by atoms with van der Waals surface area (Å²) in [5.41, 5.74) is 3.47. The number of nitrogens with zero attached hydrogens (tertiary/aromatic N) is 1. The molecule has 1 fully saturated rings. The molecule has 0 aliphatic heterocycles. The first-order valence-electron chi connectivity index (χ1n) is 10.1. The van der Waals surface area contributed by atoms with Crippen LogP contribution in [0.25, 0.3) is 21.8 Å². The van der Waals surface area contributed by atoms with E-state index < -0.39 is 5.97 Å². The van der Waals surface area contributed by atoms with Gasteiger partial charge in [-0.15, -0.1) is 0 Å². The Morgan fingerprint density at radius 1 is 1.16 bits per heavy atom. The fourth-order valence-electron chi connectivity index (χ4n) is 3.69. The van der Waals surface area contributed by atoms with E-state index in [1.165, 1.54) is 0 Å². The molecule has 2 aromatic carbocycles. The highest BCUT2D eigenvalue weighted by atomic mass is 35.5. The maximum absolute atomic E-state index is 12.9. The van der Waals surface area contributed by atoms with Crippen LogP contribution in [-0.4, -0.2) is 29.2 Å². The molecule has 6 nitrogen and oxygen atoms in total. The number of halogens is 1. The number of carbonyl (C=O) groups is 1. The highest BCUT2D eigenvalue weighted by Crippen LogP contribution is 2.36. The van der Waals surface area contributed by atoms with Crippen LogP contribution in [-0.2, 0) is 22.7 Å². The Kier molecular flexibility index (Phi) is 5.26. The van der Waals surface area contributed by atoms with E-state index in [0.717, 1.165) is 40.2 Å². The van der Waals surface area contributed by atoms with Crippen LogP contribution in [0.4, 0.5) is 0 Å². The third kappa shape index (κ3) is 3.96. The monoisotopic (exact) mass is 436 g/mol. The number of ether oxygens (including phenoxy) is 3. The van der Waals surface area contributed by atoms with Gasteiger partial charge in [0, 0.05) is 34.0 Å². The van der Waals surface area contributed by atoms with Crippen LogP contribution in [0.1, 0.15) is 34.5 Å². The number of nitrogens with one attached hydrogen (secondary N) is 1. The zero-order valence-corrected chi connectivity index (χ0v) is 17.7. The van der Waals surface area contributed by atoms with Crippen molar-refractivity contribution in [1.82, 2.24) is 9.97 Å². The van der Waals surface area contributed by atoms with Crippen LogP contribution in [0, 0.1) is 0 Å². The first-order valence-corrected chi connectivity index (χ1v) is 10.5. The van der Waals surface area contributed by atoms with E-state index in [1.54, 1.807) is 7.11 Å². The summed E-state index contributed by atoms with van der Waals surface area (Å²) >= 11 is 6.10. The third-order valence-corrected chi connectivity index (χ3v) is 5.50. The molecule has 0 saturated heterocycles. The van der Waals surface area contributed by atoms with Gasteiger partial charge in [0.05, 0.1) is 6.61 Å². The number of methoxy groups -OCH3 is 1. The number of pyridine rings is 1. The van der Waals surface area contributed by atoms with Gasteiger partial charge in [-0.05, 0) is 36.6 Å². The van der Waals surface area contributed by atoms with Crippen molar-refractivity contribution in [2.24, 2.45) is 0 Å². The van der Waals surface area contributed by atoms with Gasteiger partial charge in [0.25, 0.3) is 0 Å². The van der Waals surface area contributed by atoms with Crippen LogP contribution in [0.5, 0.6) is 5.88 Å². The molecule has 0 amide bonds. The number of esters is 1. The molecule has 7 heteroatoms. The van der Waals surface area contributed by atoms with Crippen molar-refractivity contribution >= 4 is 39.4 Å². The molecular weight excluding hydrogens is 416 g/mol. The number of aromatic amines is 1. The Labute approximate surface area is 184 Å². The van der Waals surface area contributed by atoms with Gasteiger partial charge >= 0.3 is 5.97 Å². The Balaban J connectivity index is 1.65. The zero-order chi connectivity index (χ0) is 21.4. The molecule has 4 aromatic rings. The third-order valence-electron chi connectivity index (χ3n) is 5.27. The molecule has 1 aliphatic rings. The first-order chi connectivity index (χ1) is 15.1. The maximum Gasteiger partial charge on any atom is 0.357 e. The second-order valence-electron chi connectivity index (χ2n) is 7.62. The molecular formula is C24H21ClN2O4. The Morgan fingerprint density at radius 2 is 2.00 bits per heavy atom. The summed E-state index contributed by atoms with van der Waals surface area (Å²) in [5.74, 6) is -0.108. The summed E-state index contributed by atoms with van der Waals surface area (Å²) < 4.78 is 17.1. The average molecular weight is 437 g/mol. The lowest BCUT2D eigenvalue weighted by Crippen LogP contribution is -2.14. The maximum atomic E-state index is 12.9. The number of rotatable bonds is 7. The lowest BCUT2D eigenvalue weighted by molar-refractivity contribution is 0.0459. The summed E-state index contributed by atoms with van der Waals surface area (Å²) in [6.45, 7) is 0.494. The molecule has 0 radical (unpaired) electrons. The average Bonchev–Trinajstić information content (AvgIpc) is 3.49. The van der Waals surface area contributed by atoms with E-state index in [4.69, 9.17) is 25.8 Å². The summed E-state index contributed by atoms with van der Waals surface area (Å²) in [5, 5.41) is 2.46. The van der Waals surface area contributed by atoms with E-state index in [-0.39, 0.29) is 25.0 Å². The minimum atomic E-state index is -0.450. The van der Waals surface area contributed by atoms with Crippen molar-refractivity contribution in [3.63, 3.8) is 0 Å². The molecule has 0 spiro atoms. The molecule has 2 aromatic heterocycles. The van der Waals surface area contributed by atoms with Crippen molar-refractivity contribution in [3.05, 3.63) is 70.4 Å². The number of benzene rings is 2. The number of hydrogen-bond acceptors (Lipinski definition) is 5. The van der Waals surface area contributed by atoms with Gasteiger partial charge in [-0.3, -0.25) is 0 Å². The standard InChI is InChI=1S/C24H21ClN2O4/c1-29-13-18-20-17-7-2-3-8-19(17)26-22(20)23(27-21(18)24(28)31-16-9-10-16)30-12-14-5-4-6-15(25)11-14/h2-8,11,16,26H,9-10,12-13H2,1H3. The smallest absolute Gasteiger partial charge is 0.357 e. The molecule has 0 unspecified atom stereocenters. The lowest BCUT2D eigenvalue weighted by Gasteiger charge is -2.14. The quantitative estimate of drug-likeness (QED) is 0.392. The molecule has 1 N–H and O–H groups in total. The van der Waals surface area contributed by atoms with E-state index >= 15 is 0 Å². The van der Waals surface area contributed by atoms with Crippen molar-refractivity contribution in [1.29, 1.82) is 0 Å². The Morgan fingerprint density at radius 3 is 2.77 bits per heavy atom. The van der Waals surface area contributed by atoms with Gasteiger partial charge in [0.1, 0.15) is 18.2 Å². The van der Waals surface area contributed by atoms with Crippen molar-refractivity contribution in [2.75, 3.05) is 7.11 Å². The lowest BCUT2D eigenvalue weighted by atomic mass is 10.1. The van der Waals surface area contributed by atoms with Crippen LogP contribution < -0.4 is 4.74 Å². The van der Waals surface area contributed by atoms with Gasteiger partial charge in [-0.2, -0.15) is 0 Å². The van der Waals surface area contributed by atoms with Gasteiger partial charge < -0.3 is 19.2 Å². The largest absolute Gasteiger partial charge is 0.471 e. The van der Waals surface area contributed by atoms with Gasteiger partial charge in [-0.1, -0.05) is 41.9 Å². The second-order valence-corrected chi connectivity index (χ2v) is 8.06. The zero-order valence-electron chi connectivity index (χ0n) is 17.0. The normalized spacial score (nSPS) is 13.6. The summed E-state index contributed by atoms with van der Waals surface area (Å²) in [6, 6.07) is 15.3. The van der Waals surface area contributed by atoms with Crippen LogP contribution in [0.15, 0.2) is 48.5 Å². The van der Waals surface area contributed by atoms with Gasteiger partial charge in [0.15, 0.2) is 5.69 Å². The highest BCUT2D eigenvalue weighted by molar-refractivity contribution is 6.30. The Hall–Kier alpha value is -3.09. The predicted molar refractivity (Wildman–Crippen MR) is 119 cm³/mol.